The van der Waals surface area contributed by atoms with E-state index in [1.54, 1.807) is 21.3 Å². The maximum atomic E-state index is 5.44. The average molecular weight is 509 g/mol. The van der Waals surface area contributed by atoms with Crippen LogP contribution in [0.25, 0.3) is 0 Å². The molecule has 0 radical (unpaired) electrons. The van der Waals surface area contributed by atoms with E-state index in [1.165, 1.54) is 6.42 Å². The molecule has 1 unspecified atom stereocenters. The van der Waals surface area contributed by atoms with Crippen molar-refractivity contribution >= 4 is 41.7 Å². The van der Waals surface area contributed by atoms with Gasteiger partial charge in [0, 0.05) is 30.6 Å². The summed E-state index contributed by atoms with van der Waals surface area (Å²) < 4.78 is 16.3. The Labute approximate surface area is 184 Å². The minimum absolute atomic E-state index is 0. The summed E-state index contributed by atoms with van der Waals surface area (Å²) in [7, 11) is 4.87. The Morgan fingerprint density at radius 1 is 1.19 bits per heavy atom. The lowest BCUT2D eigenvalue weighted by Crippen LogP contribution is -2.48. The molecular formula is C19H32IN3O3S. The molecule has 27 heavy (non-hydrogen) atoms. The van der Waals surface area contributed by atoms with Crippen LogP contribution in [0.15, 0.2) is 17.1 Å². The van der Waals surface area contributed by atoms with E-state index in [0.717, 1.165) is 36.9 Å². The number of methoxy groups -OCH3 is 3. The van der Waals surface area contributed by atoms with Gasteiger partial charge >= 0.3 is 0 Å². The Morgan fingerprint density at radius 2 is 1.85 bits per heavy atom. The third-order valence-electron chi connectivity index (χ3n) is 4.36. The summed E-state index contributed by atoms with van der Waals surface area (Å²) in [6.45, 7) is 7.84. The van der Waals surface area contributed by atoms with Crippen LogP contribution in [0, 0.1) is 0 Å². The number of hydrogen-bond acceptors (Lipinski definition) is 5. The van der Waals surface area contributed by atoms with Gasteiger partial charge in [-0.05, 0) is 31.0 Å². The first kappa shape index (κ1) is 24.0. The Balaban J connectivity index is 0.00000364. The number of rotatable bonds is 7. The summed E-state index contributed by atoms with van der Waals surface area (Å²) in [5.74, 6) is 4.03. The van der Waals surface area contributed by atoms with E-state index < -0.39 is 0 Å². The van der Waals surface area contributed by atoms with Crippen LogP contribution in [-0.2, 0) is 6.54 Å². The van der Waals surface area contributed by atoms with Gasteiger partial charge in [-0.25, -0.2) is 4.99 Å². The van der Waals surface area contributed by atoms with Gasteiger partial charge in [0.2, 0.25) is 5.75 Å². The molecular weight excluding hydrogens is 477 g/mol. The van der Waals surface area contributed by atoms with Crippen molar-refractivity contribution in [1.29, 1.82) is 0 Å². The van der Waals surface area contributed by atoms with Crippen LogP contribution in [0.2, 0.25) is 0 Å². The smallest absolute Gasteiger partial charge is 0.203 e. The minimum atomic E-state index is 0. The Hall–Kier alpha value is -1.03. The molecule has 1 atom stereocenters. The highest BCUT2D eigenvalue weighted by atomic mass is 127. The van der Waals surface area contributed by atoms with Crippen molar-refractivity contribution in [3.63, 3.8) is 0 Å². The molecule has 1 heterocycles. The maximum absolute atomic E-state index is 5.44. The Bertz CT molecular complexity index is 591. The first-order valence-corrected chi connectivity index (χ1v) is 10.1. The van der Waals surface area contributed by atoms with E-state index in [2.05, 4.69) is 35.8 Å². The third kappa shape index (κ3) is 6.51. The number of nitrogens with zero attached hydrogens (tertiary/aromatic N) is 2. The molecule has 1 N–H and O–H groups in total. The second-order valence-corrected chi connectivity index (χ2v) is 7.46. The largest absolute Gasteiger partial charge is 0.493 e. The van der Waals surface area contributed by atoms with Crippen molar-refractivity contribution in [3.05, 3.63) is 17.7 Å². The van der Waals surface area contributed by atoms with Crippen LogP contribution in [0.1, 0.15) is 25.8 Å². The number of benzene rings is 1. The van der Waals surface area contributed by atoms with Crippen molar-refractivity contribution in [2.24, 2.45) is 4.99 Å². The predicted molar refractivity (Wildman–Crippen MR) is 124 cm³/mol. The molecule has 8 heteroatoms. The quantitative estimate of drug-likeness (QED) is 0.344. The molecule has 1 fully saturated rings. The lowest BCUT2D eigenvalue weighted by molar-refractivity contribution is 0.324. The summed E-state index contributed by atoms with van der Waals surface area (Å²) >= 11 is 2.06. The summed E-state index contributed by atoms with van der Waals surface area (Å²) in [5.41, 5.74) is 1.02. The first-order chi connectivity index (χ1) is 12.7. The van der Waals surface area contributed by atoms with Crippen molar-refractivity contribution in [2.45, 2.75) is 32.1 Å². The fourth-order valence-corrected chi connectivity index (χ4v) is 4.16. The van der Waals surface area contributed by atoms with Crippen LogP contribution < -0.4 is 19.5 Å². The van der Waals surface area contributed by atoms with Crippen molar-refractivity contribution in [2.75, 3.05) is 46.7 Å². The van der Waals surface area contributed by atoms with Gasteiger partial charge in [-0.1, -0.05) is 6.92 Å². The number of thioether (sulfide) groups is 1. The number of hydrogen-bond donors (Lipinski definition) is 1. The zero-order valence-electron chi connectivity index (χ0n) is 16.9. The average Bonchev–Trinajstić information content (AvgIpc) is 2.70. The van der Waals surface area contributed by atoms with Gasteiger partial charge in [-0.2, -0.15) is 11.8 Å². The van der Waals surface area contributed by atoms with E-state index in [-0.39, 0.29) is 24.0 Å². The highest BCUT2D eigenvalue weighted by molar-refractivity contribution is 14.0. The van der Waals surface area contributed by atoms with Gasteiger partial charge in [0.05, 0.1) is 27.9 Å². The standard InChI is InChI=1S/C19H31N3O3S.HI/c1-6-15-13-22(8-9-26-15)19(20-7-2)21-12-14-10-16(23-3)18(25-5)17(11-14)24-4;/h10-11,15H,6-9,12-13H2,1-5H3,(H,20,21);1H. The lowest BCUT2D eigenvalue weighted by Gasteiger charge is -2.34. The lowest BCUT2D eigenvalue weighted by atomic mass is 10.2. The van der Waals surface area contributed by atoms with E-state index in [1.807, 2.05) is 12.1 Å². The van der Waals surface area contributed by atoms with E-state index in [4.69, 9.17) is 19.2 Å². The molecule has 1 aliphatic rings. The summed E-state index contributed by atoms with van der Waals surface area (Å²) in [6, 6.07) is 3.91. The van der Waals surface area contributed by atoms with E-state index >= 15 is 0 Å². The number of nitrogens with one attached hydrogen (secondary N) is 1. The molecule has 1 aromatic rings. The summed E-state index contributed by atoms with van der Waals surface area (Å²) in [4.78, 5) is 7.22. The Kier molecular flexibility index (Phi) is 11.1. The first-order valence-electron chi connectivity index (χ1n) is 9.10. The van der Waals surface area contributed by atoms with E-state index in [9.17, 15) is 0 Å². The predicted octanol–water partition coefficient (Wildman–Crippen LogP) is 3.62. The maximum Gasteiger partial charge on any atom is 0.203 e. The van der Waals surface area contributed by atoms with Crippen molar-refractivity contribution in [1.82, 2.24) is 10.2 Å². The molecule has 2 rings (SSSR count). The molecule has 0 aromatic heterocycles. The second kappa shape index (κ2) is 12.4. The molecule has 0 bridgehead atoms. The van der Waals surface area contributed by atoms with Gasteiger partial charge in [0.25, 0.3) is 0 Å². The van der Waals surface area contributed by atoms with Gasteiger partial charge in [-0.3, -0.25) is 0 Å². The zero-order valence-corrected chi connectivity index (χ0v) is 20.1. The van der Waals surface area contributed by atoms with Crippen LogP contribution in [-0.4, -0.2) is 62.8 Å². The van der Waals surface area contributed by atoms with Gasteiger partial charge < -0.3 is 24.4 Å². The van der Waals surface area contributed by atoms with Gasteiger partial charge in [0.1, 0.15) is 0 Å². The molecule has 0 spiro atoms. The molecule has 154 valence electrons. The highest BCUT2D eigenvalue weighted by Gasteiger charge is 2.21. The zero-order chi connectivity index (χ0) is 18.9. The monoisotopic (exact) mass is 509 g/mol. The number of aliphatic imine (C=N–C) groups is 1. The molecule has 6 nitrogen and oxygen atoms in total. The molecule has 1 aliphatic heterocycles. The van der Waals surface area contributed by atoms with Crippen LogP contribution in [0.3, 0.4) is 0 Å². The van der Waals surface area contributed by atoms with E-state index in [0.29, 0.717) is 29.0 Å². The normalized spacial score (nSPS) is 17.1. The number of ether oxygens (including phenoxy) is 3. The molecule has 1 aromatic carbocycles. The number of halogens is 1. The Morgan fingerprint density at radius 3 is 2.37 bits per heavy atom. The number of guanidine groups is 1. The molecule has 0 saturated carbocycles. The fraction of sp³-hybridized carbons (Fsp3) is 0.632. The van der Waals surface area contributed by atoms with Crippen LogP contribution in [0.5, 0.6) is 17.2 Å². The minimum Gasteiger partial charge on any atom is -0.493 e. The van der Waals surface area contributed by atoms with Crippen molar-refractivity contribution in [3.8, 4) is 17.2 Å². The fourth-order valence-electron chi connectivity index (χ4n) is 2.98. The second-order valence-electron chi connectivity index (χ2n) is 6.05. The van der Waals surface area contributed by atoms with Crippen molar-refractivity contribution < 1.29 is 14.2 Å². The van der Waals surface area contributed by atoms with Gasteiger partial charge in [0.15, 0.2) is 17.5 Å². The molecule has 1 saturated heterocycles. The van der Waals surface area contributed by atoms with Crippen LogP contribution >= 0.6 is 35.7 Å². The molecule has 0 amide bonds. The van der Waals surface area contributed by atoms with Gasteiger partial charge in [-0.15, -0.1) is 24.0 Å². The van der Waals surface area contributed by atoms with Crippen LogP contribution in [0.4, 0.5) is 0 Å². The SMILES string of the molecule is CCNC(=NCc1cc(OC)c(OC)c(OC)c1)N1CCSC(CC)C1.I. The topological polar surface area (TPSA) is 55.3 Å². The third-order valence-corrected chi connectivity index (χ3v) is 5.74. The highest BCUT2D eigenvalue weighted by Crippen LogP contribution is 2.38. The molecule has 0 aliphatic carbocycles. The summed E-state index contributed by atoms with van der Waals surface area (Å²) in [5, 5.41) is 4.10. The summed E-state index contributed by atoms with van der Waals surface area (Å²) in [6.07, 6.45) is 1.19.